The van der Waals surface area contributed by atoms with Gasteiger partial charge in [-0.25, -0.2) is 12.8 Å². The number of hydrogen-bond donors (Lipinski definition) is 2. The molecular weight excluding hydrogens is 347 g/mol. The Bertz CT molecular complexity index is 825. The van der Waals surface area contributed by atoms with Gasteiger partial charge in [0.05, 0.1) is 15.6 Å². The zero-order valence-electron chi connectivity index (χ0n) is 11.6. The van der Waals surface area contributed by atoms with E-state index < -0.39 is 21.7 Å². The quantitative estimate of drug-likeness (QED) is 0.826. The SMILES string of the molecule is NC(=O)COc1ccc(S(=O)(=O)Nc2ccc(F)c(Cl)c2)cc1. The van der Waals surface area contributed by atoms with Gasteiger partial charge in [-0.1, -0.05) is 11.6 Å². The van der Waals surface area contributed by atoms with E-state index in [9.17, 15) is 17.6 Å². The summed E-state index contributed by atoms with van der Waals surface area (Å²) in [7, 11) is -3.87. The Morgan fingerprint density at radius 1 is 1.22 bits per heavy atom. The van der Waals surface area contributed by atoms with Crippen molar-refractivity contribution in [3.05, 3.63) is 53.3 Å². The van der Waals surface area contributed by atoms with E-state index in [0.29, 0.717) is 5.75 Å². The predicted molar refractivity (Wildman–Crippen MR) is 83.3 cm³/mol. The molecule has 6 nitrogen and oxygen atoms in total. The molecule has 2 rings (SSSR count). The Kier molecular flexibility index (Phi) is 5.07. The van der Waals surface area contributed by atoms with E-state index in [1.54, 1.807) is 0 Å². The molecule has 2 aromatic carbocycles. The number of nitrogens with one attached hydrogen (secondary N) is 1. The smallest absolute Gasteiger partial charge is 0.261 e. The molecule has 0 saturated carbocycles. The molecule has 0 aliphatic rings. The van der Waals surface area contributed by atoms with E-state index in [0.717, 1.165) is 6.07 Å². The summed E-state index contributed by atoms with van der Waals surface area (Å²) < 4.78 is 44.8. The first-order valence-corrected chi connectivity index (χ1v) is 8.13. The molecular formula is C14H12ClFN2O4S. The van der Waals surface area contributed by atoms with Crippen LogP contribution in [0.15, 0.2) is 47.4 Å². The lowest BCUT2D eigenvalue weighted by atomic mass is 10.3. The number of carbonyl (C=O) groups excluding carboxylic acids is 1. The fraction of sp³-hybridized carbons (Fsp3) is 0.0714. The lowest BCUT2D eigenvalue weighted by molar-refractivity contribution is -0.119. The highest BCUT2D eigenvalue weighted by molar-refractivity contribution is 7.92. The number of sulfonamides is 1. The Hall–Kier alpha value is -2.32. The van der Waals surface area contributed by atoms with Crippen LogP contribution >= 0.6 is 11.6 Å². The number of carbonyl (C=O) groups is 1. The molecule has 122 valence electrons. The van der Waals surface area contributed by atoms with E-state index in [2.05, 4.69) is 4.72 Å². The monoisotopic (exact) mass is 358 g/mol. The zero-order valence-corrected chi connectivity index (χ0v) is 13.2. The Morgan fingerprint density at radius 2 is 1.87 bits per heavy atom. The summed E-state index contributed by atoms with van der Waals surface area (Å²) in [6, 6.07) is 8.83. The second kappa shape index (κ2) is 6.84. The van der Waals surface area contributed by atoms with E-state index in [1.165, 1.54) is 36.4 Å². The first kappa shape index (κ1) is 17.0. The number of ether oxygens (including phenoxy) is 1. The molecule has 0 saturated heterocycles. The molecule has 0 spiro atoms. The van der Waals surface area contributed by atoms with Crippen LogP contribution in [0.1, 0.15) is 0 Å². The zero-order chi connectivity index (χ0) is 17.0. The van der Waals surface area contributed by atoms with E-state index in [-0.39, 0.29) is 22.2 Å². The van der Waals surface area contributed by atoms with E-state index in [4.69, 9.17) is 22.1 Å². The molecule has 0 radical (unpaired) electrons. The third-order valence-electron chi connectivity index (χ3n) is 2.69. The topological polar surface area (TPSA) is 98.5 Å². The normalized spacial score (nSPS) is 11.0. The molecule has 1 amide bonds. The molecule has 0 bridgehead atoms. The molecule has 0 fully saturated rings. The summed E-state index contributed by atoms with van der Waals surface area (Å²) in [6.07, 6.45) is 0. The maximum atomic E-state index is 13.1. The molecule has 9 heteroatoms. The van der Waals surface area contributed by atoms with Gasteiger partial charge in [0, 0.05) is 0 Å². The minimum atomic E-state index is -3.87. The largest absolute Gasteiger partial charge is 0.484 e. The van der Waals surface area contributed by atoms with Crippen LogP contribution in [0.4, 0.5) is 10.1 Å². The number of halogens is 2. The molecule has 3 N–H and O–H groups in total. The molecule has 2 aromatic rings. The predicted octanol–water partition coefficient (Wildman–Crippen LogP) is 2.14. The van der Waals surface area contributed by atoms with Crippen molar-refractivity contribution >= 4 is 33.2 Å². The third-order valence-corrected chi connectivity index (χ3v) is 4.37. The van der Waals surface area contributed by atoms with Crippen molar-refractivity contribution in [2.45, 2.75) is 4.90 Å². The number of rotatable bonds is 6. The van der Waals surface area contributed by atoms with Gasteiger partial charge in [0.1, 0.15) is 11.6 Å². The molecule has 0 unspecified atom stereocenters. The van der Waals surface area contributed by atoms with Gasteiger partial charge in [0.25, 0.3) is 15.9 Å². The molecule has 0 aromatic heterocycles. The van der Waals surface area contributed by atoms with Crippen molar-refractivity contribution in [1.29, 1.82) is 0 Å². The minimum absolute atomic E-state index is 0.0376. The van der Waals surface area contributed by atoms with Gasteiger partial charge in [-0.05, 0) is 42.5 Å². The van der Waals surface area contributed by atoms with Gasteiger partial charge in [-0.2, -0.15) is 0 Å². The summed E-state index contributed by atoms with van der Waals surface area (Å²) in [6.45, 7) is -0.307. The highest BCUT2D eigenvalue weighted by atomic mass is 35.5. The van der Waals surface area contributed by atoms with Crippen molar-refractivity contribution in [2.24, 2.45) is 5.73 Å². The lowest BCUT2D eigenvalue weighted by Gasteiger charge is -2.09. The lowest BCUT2D eigenvalue weighted by Crippen LogP contribution is -2.20. The number of primary amides is 1. The Balaban J connectivity index is 2.15. The maximum absolute atomic E-state index is 13.1. The highest BCUT2D eigenvalue weighted by Gasteiger charge is 2.15. The van der Waals surface area contributed by atoms with Gasteiger partial charge in [0.2, 0.25) is 0 Å². The van der Waals surface area contributed by atoms with Crippen LogP contribution in [0, 0.1) is 5.82 Å². The fourth-order valence-corrected chi connectivity index (χ4v) is 2.87. The standard InChI is InChI=1S/C14H12ClFN2O4S/c15-12-7-9(1-6-13(12)16)18-23(20,21)11-4-2-10(3-5-11)22-8-14(17)19/h1-7,18H,8H2,(H2,17,19). The van der Waals surface area contributed by atoms with Gasteiger partial charge >= 0.3 is 0 Å². The van der Waals surface area contributed by atoms with Crippen LogP contribution in [0.25, 0.3) is 0 Å². The van der Waals surface area contributed by atoms with Crippen LogP contribution in [0.3, 0.4) is 0 Å². The van der Waals surface area contributed by atoms with Crippen LogP contribution in [-0.4, -0.2) is 20.9 Å². The van der Waals surface area contributed by atoms with Crippen molar-refractivity contribution in [3.8, 4) is 5.75 Å². The first-order valence-electron chi connectivity index (χ1n) is 6.27. The number of nitrogens with two attached hydrogens (primary N) is 1. The third kappa shape index (κ3) is 4.57. The molecule has 0 aliphatic carbocycles. The highest BCUT2D eigenvalue weighted by Crippen LogP contribution is 2.23. The molecule has 0 aliphatic heterocycles. The van der Waals surface area contributed by atoms with Crippen molar-refractivity contribution in [2.75, 3.05) is 11.3 Å². The average Bonchev–Trinajstić information content (AvgIpc) is 2.49. The van der Waals surface area contributed by atoms with Crippen LogP contribution in [0.2, 0.25) is 5.02 Å². The molecule has 23 heavy (non-hydrogen) atoms. The van der Waals surface area contributed by atoms with E-state index >= 15 is 0 Å². The average molecular weight is 359 g/mol. The summed E-state index contributed by atoms with van der Waals surface area (Å²) >= 11 is 5.61. The minimum Gasteiger partial charge on any atom is -0.484 e. The van der Waals surface area contributed by atoms with E-state index in [1.807, 2.05) is 0 Å². The molecule has 0 heterocycles. The Labute approximate surface area is 137 Å². The van der Waals surface area contributed by atoms with Crippen molar-refractivity contribution in [3.63, 3.8) is 0 Å². The maximum Gasteiger partial charge on any atom is 0.261 e. The van der Waals surface area contributed by atoms with Gasteiger partial charge in [-0.15, -0.1) is 0 Å². The fourth-order valence-electron chi connectivity index (χ4n) is 1.64. The van der Waals surface area contributed by atoms with Gasteiger partial charge in [0.15, 0.2) is 6.61 Å². The summed E-state index contributed by atoms with van der Waals surface area (Å²) in [5, 5.41) is -0.194. The second-order valence-electron chi connectivity index (χ2n) is 4.46. The number of anilines is 1. The van der Waals surface area contributed by atoms with Crippen molar-refractivity contribution in [1.82, 2.24) is 0 Å². The van der Waals surface area contributed by atoms with Crippen LogP contribution in [0.5, 0.6) is 5.75 Å². The molecule has 0 atom stereocenters. The summed E-state index contributed by atoms with van der Waals surface area (Å²) in [5.41, 5.74) is 5.07. The first-order chi connectivity index (χ1) is 10.8. The van der Waals surface area contributed by atoms with Crippen molar-refractivity contribution < 1.29 is 22.3 Å². The van der Waals surface area contributed by atoms with Gasteiger partial charge in [-0.3, -0.25) is 9.52 Å². The summed E-state index contributed by atoms with van der Waals surface area (Å²) in [4.78, 5) is 10.6. The second-order valence-corrected chi connectivity index (χ2v) is 6.55. The van der Waals surface area contributed by atoms with Gasteiger partial charge < -0.3 is 10.5 Å². The number of benzene rings is 2. The van der Waals surface area contributed by atoms with Crippen LogP contribution in [-0.2, 0) is 14.8 Å². The number of amides is 1. The Morgan fingerprint density at radius 3 is 2.43 bits per heavy atom. The number of hydrogen-bond acceptors (Lipinski definition) is 4. The van der Waals surface area contributed by atoms with Crippen LogP contribution < -0.4 is 15.2 Å². The summed E-state index contributed by atoms with van der Waals surface area (Å²) in [5.74, 6) is -0.991.